The molecule has 0 radical (unpaired) electrons. The zero-order valence-electron chi connectivity index (χ0n) is 10.4. The highest BCUT2D eigenvalue weighted by molar-refractivity contribution is 5.53. The van der Waals surface area contributed by atoms with E-state index in [1.54, 1.807) is 12.4 Å². The van der Waals surface area contributed by atoms with E-state index in [0.29, 0.717) is 0 Å². The van der Waals surface area contributed by atoms with Gasteiger partial charge < -0.3 is 11.1 Å². The average Bonchev–Trinajstić information content (AvgIpc) is 2.24. The van der Waals surface area contributed by atoms with Crippen LogP contribution < -0.4 is 11.1 Å². The summed E-state index contributed by atoms with van der Waals surface area (Å²) in [6.45, 7) is 10.8. The number of nitrogens with zero attached hydrogens (tertiary/aromatic N) is 2. The number of allylic oxidation sites excluding steroid dienone is 1. The predicted molar refractivity (Wildman–Crippen MR) is 69.2 cm³/mol. The highest BCUT2D eigenvalue weighted by Gasteiger charge is 1.87. The molecule has 0 bridgehead atoms. The topological polar surface area (TPSA) is 53.6 Å². The molecule has 0 atom stereocenters. The van der Waals surface area contributed by atoms with Gasteiger partial charge in [-0.25, -0.2) is 0 Å². The minimum Gasteiger partial charge on any atom is -0.376 e. The third-order valence-electron chi connectivity index (χ3n) is 1.57. The quantitative estimate of drug-likeness (QED) is 0.288. The Hall–Kier alpha value is -0.870. The Bertz CT molecular complexity index is 146. The number of rotatable bonds is 7. The molecule has 4 heteroatoms. The van der Waals surface area contributed by atoms with Gasteiger partial charge in [-0.05, 0) is 33.5 Å². The Balaban J connectivity index is 0. The maximum atomic E-state index is 5.32. The lowest BCUT2D eigenvalue weighted by molar-refractivity contribution is 0.366. The van der Waals surface area contributed by atoms with Crippen molar-refractivity contribution in [2.24, 2.45) is 10.7 Å². The molecule has 0 fully saturated rings. The molecule has 0 amide bonds. The second-order valence-electron chi connectivity index (χ2n) is 3.13. The van der Waals surface area contributed by atoms with E-state index in [-0.39, 0.29) is 0 Å². The molecule has 0 rings (SSSR count). The van der Waals surface area contributed by atoms with Crippen molar-refractivity contribution >= 4 is 6.34 Å². The molecule has 0 aliphatic carbocycles. The Labute approximate surface area is 94.2 Å². The summed E-state index contributed by atoms with van der Waals surface area (Å²) in [7, 11) is 2.04. The van der Waals surface area contributed by atoms with Crippen LogP contribution >= 0.6 is 0 Å². The van der Waals surface area contributed by atoms with Gasteiger partial charge in [0.15, 0.2) is 0 Å². The van der Waals surface area contributed by atoms with Gasteiger partial charge in [0.2, 0.25) is 0 Å². The summed E-state index contributed by atoms with van der Waals surface area (Å²) in [5.41, 5.74) is 5.32. The van der Waals surface area contributed by atoms with Crippen LogP contribution in [0.3, 0.4) is 0 Å². The molecular weight excluding hydrogens is 188 g/mol. The summed E-state index contributed by atoms with van der Waals surface area (Å²) in [6, 6.07) is 0. The standard InChI is InChI=1S/C8H20N4.C3H6/c1-3-12(2)8-11-7-10-6-4-5-9;1-3-2/h7H,3-6,8-9H2,1-2H3,(H,10,11);3H,1H2,2H3. The lowest BCUT2D eigenvalue weighted by Crippen LogP contribution is -2.20. The summed E-state index contributed by atoms with van der Waals surface area (Å²) >= 11 is 0. The van der Waals surface area contributed by atoms with Gasteiger partial charge in [-0.15, -0.1) is 6.58 Å². The van der Waals surface area contributed by atoms with E-state index in [1.807, 2.05) is 14.0 Å². The smallest absolute Gasteiger partial charge is 0.0924 e. The number of aliphatic imine (C=N–C) groups is 1. The maximum absolute atomic E-state index is 5.32. The fraction of sp³-hybridized carbons (Fsp3) is 0.727. The summed E-state index contributed by atoms with van der Waals surface area (Å²) in [6.07, 6.45) is 4.50. The number of nitrogens with two attached hydrogens (primary N) is 1. The third kappa shape index (κ3) is 19.5. The van der Waals surface area contributed by atoms with Gasteiger partial charge in [0.05, 0.1) is 13.0 Å². The highest BCUT2D eigenvalue weighted by atomic mass is 15.2. The van der Waals surface area contributed by atoms with E-state index in [1.165, 1.54) is 0 Å². The molecule has 90 valence electrons. The molecule has 0 aromatic rings. The Morgan fingerprint density at radius 2 is 2.13 bits per heavy atom. The monoisotopic (exact) mass is 214 g/mol. The zero-order valence-corrected chi connectivity index (χ0v) is 10.4. The first-order valence-electron chi connectivity index (χ1n) is 5.40. The van der Waals surface area contributed by atoms with E-state index < -0.39 is 0 Å². The molecule has 4 nitrogen and oxygen atoms in total. The molecule has 0 aliphatic heterocycles. The number of hydrogen-bond acceptors (Lipinski definition) is 3. The molecule has 0 saturated carbocycles. The van der Waals surface area contributed by atoms with Gasteiger partial charge in [0.1, 0.15) is 0 Å². The molecule has 0 heterocycles. The van der Waals surface area contributed by atoms with Gasteiger partial charge in [0.25, 0.3) is 0 Å². The van der Waals surface area contributed by atoms with Gasteiger partial charge in [-0.1, -0.05) is 13.0 Å². The molecule has 15 heavy (non-hydrogen) atoms. The van der Waals surface area contributed by atoms with E-state index in [0.717, 1.165) is 32.7 Å². The van der Waals surface area contributed by atoms with Crippen molar-refractivity contribution in [3.63, 3.8) is 0 Å². The number of nitrogens with one attached hydrogen (secondary N) is 1. The lowest BCUT2D eigenvalue weighted by Gasteiger charge is -2.08. The van der Waals surface area contributed by atoms with Crippen LogP contribution in [0.25, 0.3) is 0 Å². The van der Waals surface area contributed by atoms with E-state index in [4.69, 9.17) is 5.73 Å². The van der Waals surface area contributed by atoms with Crippen molar-refractivity contribution in [1.29, 1.82) is 0 Å². The Morgan fingerprint density at radius 1 is 1.53 bits per heavy atom. The molecule has 0 saturated heterocycles. The summed E-state index contributed by atoms with van der Waals surface area (Å²) < 4.78 is 0. The summed E-state index contributed by atoms with van der Waals surface area (Å²) in [5, 5.41) is 3.07. The minimum atomic E-state index is 0.732. The van der Waals surface area contributed by atoms with Crippen molar-refractivity contribution in [2.45, 2.75) is 20.3 Å². The van der Waals surface area contributed by atoms with Crippen LogP contribution in [0.4, 0.5) is 0 Å². The number of hydrogen-bond donors (Lipinski definition) is 2. The van der Waals surface area contributed by atoms with Crippen LogP contribution in [0.1, 0.15) is 20.3 Å². The van der Waals surface area contributed by atoms with Crippen LogP contribution in [-0.2, 0) is 0 Å². The first kappa shape index (κ1) is 16.6. The molecule has 0 aromatic heterocycles. The lowest BCUT2D eigenvalue weighted by atomic mass is 10.4. The van der Waals surface area contributed by atoms with Gasteiger partial charge in [-0.3, -0.25) is 9.89 Å². The van der Waals surface area contributed by atoms with Gasteiger partial charge >= 0.3 is 0 Å². The van der Waals surface area contributed by atoms with Gasteiger partial charge in [0, 0.05) is 6.54 Å². The van der Waals surface area contributed by atoms with Crippen molar-refractivity contribution in [3.8, 4) is 0 Å². The normalized spacial score (nSPS) is 9.93. The highest BCUT2D eigenvalue weighted by Crippen LogP contribution is 1.78. The van der Waals surface area contributed by atoms with E-state index in [9.17, 15) is 0 Å². The summed E-state index contributed by atoms with van der Waals surface area (Å²) in [5.74, 6) is 0. The largest absolute Gasteiger partial charge is 0.376 e. The second-order valence-corrected chi connectivity index (χ2v) is 3.13. The minimum absolute atomic E-state index is 0.732. The predicted octanol–water partition coefficient (Wildman–Crippen LogP) is 1.05. The second kappa shape index (κ2) is 15.6. The Kier molecular flexibility index (Phi) is 17.2. The van der Waals surface area contributed by atoms with Crippen LogP contribution in [0.2, 0.25) is 0 Å². The fourth-order valence-electron chi connectivity index (χ4n) is 0.613. The molecular formula is C11H26N4. The molecule has 3 N–H and O–H groups in total. The van der Waals surface area contributed by atoms with Crippen molar-refractivity contribution in [3.05, 3.63) is 12.7 Å². The van der Waals surface area contributed by atoms with Crippen molar-refractivity contribution < 1.29 is 0 Å². The molecule has 0 aliphatic rings. The van der Waals surface area contributed by atoms with Gasteiger partial charge in [-0.2, -0.15) is 0 Å². The van der Waals surface area contributed by atoms with E-state index in [2.05, 4.69) is 28.7 Å². The first-order valence-corrected chi connectivity index (χ1v) is 5.40. The van der Waals surface area contributed by atoms with E-state index >= 15 is 0 Å². The average molecular weight is 214 g/mol. The molecule has 0 unspecified atom stereocenters. The molecule has 0 aromatic carbocycles. The SMILES string of the molecule is C=CC.CCN(C)C/N=C/NCCCN. The van der Waals surface area contributed by atoms with Crippen molar-refractivity contribution in [1.82, 2.24) is 10.2 Å². The van der Waals surface area contributed by atoms with Crippen LogP contribution in [-0.4, -0.2) is 44.6 Å². The van der Waals surface area contributed by atoms with Crippen molar-refractivity contribution in [2.75, 3.05) is 33.4 Å². The third-order valence-corrected chi connectivity index (χ3v) is 1.57. The fourth-order valence-corrected chi connectivity index (χ4v) is 0.613. The molecule has 0 spiro atoms. The van der Waals surface area contributed by atoms with Crippen LogP contribution in [0.15, 0.2) is 17.6 Å². The summed E-state index contributed by atoms with van der Waals surface area (Å²) in [4.78, 5) is 6.29. The van der Waals surface area contributed by atoms with Crippen LogP contribution in [0.5, 0.6) is 0 Å². The Morgan fingerprint density at radius 3 is 2.60 bits per heavy atom. The van der Waals surface area contributed by atoms with Crippen LogP contribution in [0, 0.1) is 0 Å². The maximum Gasteiger partial charge on any atom is 0.0924 e. The zero-order chi connectivity index (χ0) is 11.9. The first-order chi connectivity index (χ1) is 7.22.